The van der Waals surface area contributed by atoms with E-state index in [1.54, 1.807) is 0 Å². The number of primary amides is 1. The third-order valence-electron chi connectivity index (χ3n) is 2.06. The second-order valence-corrected chi connectivity index (χ2v) is 3.27. The van der Waals surface area contributed by atoms with E-state index in [-0.39, 0.29) is 5.69 Å². The minimum atomic E-state index is -0.586. The van der Waals surface area contributed by atoms with Crippen molar-refractivity contribution in [2.75, 3.05) is 0 Å². The highest BCUT2D eigenvalue weighted by Crippen LogP contribution is 2.18. The molecular formula is C11H10N2O2. The summed E-state index contributed by atoms with van der Waals surface area (Å²) in [5, 5.41) is 0. The SMILES string of the molecule is Cc1ccc(-c2nc(C(N)=O)co2)cc1. The van der Waals surface area contributed by atoms with Crippen molar-refractivity contribution in [3.8, 4) is 11.5 Å². The molecule has 0 bridgehead atoms. The summed E-state index contributed by atoms with van der Waals surface area (Å²) in [6, 6.07) is 7.66. The number of hydrogen-bond donors (Lipinski definition) is 1. The first-order valence-corrected chi connectivity index (χ1v) is 4.49. The van der Waals surface area contributed by atoms with Crippen molar-refractivity contribution in [3.63, 3.8) is 0 Å². The summed E-state index contributed by atoms with van der Waals surface area (Å²) < 4.78 is 5.14. The van der Waals surface area contributed by atoms with Crippen LogP contribution < -0.4 is 5.73 Å². The summed E-state index contributed by atoms with van der Waals surface area (Å²) in [4.78, 5) is 14.8. The Kier molecular flexibility index (Phi) is 2.25. The molecule has 0 spiro atoms. The lowest BCUT2D eigenvalue weighted by atomic mass is 10.1. The highest BCUT2D eigenvalue weighted by molar-refractivity contribution is 5.90. The number of rotatable bonds is 2. The molecule has 1 aromatic heterocycles. The number of hydrogen-bond acceptors (Lipinski definition) is 3. The van der Waals surface area contributed by atoms with Crippen molar-refractivity contribution < 1.29 is 9.21 Å². The molecule has 0 radical (unpaired) electrons. The van der Waals surface area contributed by atoms with Crippen molar-refractivity contribution in [1.82, 2.24) is 4.98 Å². The van der Waals surface area contributed by atoms with E-state index in [2.05, 4.69) is 4.98 Å². The van der Waals surface area contributed by atoms with Crippen LogP contribution in [0.4, 0.5) is 0 Å². The van der Waals surface area contributed by atoms with Crippen molar-refractivity contribution in [2.45, 2.75) is 6.92 Å². The number of aromatic nitrogens is 1. The van der Waals surface area contributed by atoms with Crippen molar-refractivity contribution in [1.29, 1.82) is 0 Å². The first-order chi connectivity index (χ1) is 7.16. The minimum Gasteiger partial charge on any atom is -0.444 e. The standard InChI is InChI=1S/C11H10N2O2/c1-7-2-4-8(5-3-7)11-13-9(6-15-11)10(12)14/h2-6H,1H3,(H2,12,14). The van der Waals surface area contributed by atoms with E-state index in [0.717, 1.165) is 11.1 Å². The van der Waals surface area contributed by atoms with E-state index in [1.807, 2.05) is 31.2 Å². The van der Waals surface area contributed by atoms with E-state index < -0.39 is 5.91 Å². The minimum absolute atomic E-state index is 0.144. The molecule has 15 heavy (non-hydrogen) atoms. The predicted molar refractivity (Wildman–Crippen MR) is 55.2 cm³/mol. The fraction of sp³-hybridized carbons (Fsp3) is 0.0909. The molecule has 4 heteroatoms. The van der Waals surface area contributed by atoms with E-state index in [9.17, 15) is 4.79 Å². The van der Waals surface area contributed by atoms with Gasteiger partial charge in [-0.25, -0.2) is 4.98 Å². The number of benzene rings is 1. The molecule has 2 aromatic rings. The molecule has 1 heterocycles. The topological polar surface area (TPSA) is 69.1 Å². The van der Waals surface area contributed by atoms with E-state index in [4.69, 9.17) is 10.2 Å². The smallest absolute Gasteiger partial charge is 0.270 e. The predicted octanol–water partition coefficient (Wildman–Crippen LogP) is 1.75. The van der Waals surface area contributed by atoms with Gasteiger partial charge in [0.1, 0.15) is 6.26 Å². The zero-order valence-electron chi connectivity index (χ0n) is 8.23. The molecule has 1 aromatic carbocycles. The molecule has 0 aliphatic rings. The second kappa shape index (κ2) is 3.57. The van der Waals surface area contributed by atoms with Crippen LogP contribution in [0.2, 0.25) is 0 Å². The van der Waals surface area contributed by atoms with Crippen molar-refractivity contribution >= 4 is 5.91 Å². The molecule has 0 atom stereocenters. The lowest BCUT2D eigenvalue weighted by Crippen LogP contribution is -2.10. The van der Waals surface area contributed by atoms with Crippen LogP contribution in [0.25, 0.3) is 11.5 Å². The molecular weight excluding hydrogens is 192 g/mol. The maximum Gasteiger partial charge on any atom is 0.270 e. The molecule has 0 aliphatic carbocycles. The Hall–Kier alpha value is -2.10. The summed E-state index contributed by atoms with van der Waals surface area (Å²) in [6.07, 6.45) is 1.26. The summed E-state index contributed by atoms with van der Waals surface area (Å²) >= 11 is 0. The Morgan fingerprint density at radius 2 is 2.00 bits per heavy atom. The summed E-state index contributed by atoms with van der Waals surface area (Å²) in [6.45, 7) is 1.99. The number of nitrogens with zero attached hydrogens (tertiary/aromatic N) is 1. The Morgan fingerprint density at radius 3 is 2.53 bits per heavy atom. The van der Waals surface area contributed by atoms with Gasteiger partial charge in [-0.05, 0) is 19.1 Å². The molecule has 76 valence electrons. The van der Waals surface area contributed by atoms with Gasteiger partial charge < -0.3 is 10.2 Å². The number of nitrogens with two attached hydrogens (primary N) is 1. The van der Waals surface area contributed by atoms with Gasteiger partial charge in [-0.2, -0.15) is 0 Å². The van der Waals surface area contributed by atoms with Gasteiger partial charge in [0.2, 0.25) is 5.89 Å². The molecule has 0 fully saturated rings. The van der Waals surface area contributed by atoms with Crippen LogP contribution in [-0.2, 0) is 0 Å². The van der Waals surface area contributed by atoms with Gasteiger partial charge in [0, 0.05) is 5.56 Å². The van der Waals surface area contributed by atoms with Gasteiger partial charge in [0.15, 0.2) is 5.69 Å². The Bertz CT molecular complexity index is 486. The zero-order chi connectivity index (χ0) is 10.8. The average Bonchev–Trinajstić information content (AvgIpc) is 2.68. The van der Waals surface area contributed by atoms with Gasteiger partial charge in [-0.1, -0.05) is 17.7 Å². The number of oxazole rings is 1. The van der Waals surface area contributed by atoms with E-state index in [1.165, 1.54) is 6.26 Å². The lowest BCUT2D eigenvalue weighted by molar-refractivity contribution is 0.0995. The summed E-state index contributed by atoms with van der Waals surface area (Å²) in [5.74, 6) is -0.180. The molecule has 2 rings (SSSR count). The Labute approximate surface area is 86.7 Å². The third kappa shape index (κ3) is 1.88. The van der Waals surface area contributed by atoms with Crippen LogP contribution in [0.15, 0.2) is 34.9 Å². The largest absolute Gasteiger partial charge is 0.444 e. The van der Waals surface area contributed by atoms with Gasteiger partial charge in [-0.15, -0.1) is 0 Å². The van der Waals surface area contributed by atoms with Crippen LogP contribution >= 0.6 is 0 Å². The van der Waals surface area contributed by atoms with Crippen LogP contribution in [-0.4, -0.2) is 10.9 Å². The van der Waals surface area contributed by atoms with Gasteiger partial charge in [-0.3, -0.25) is 4.79 Å². The fourth-order valence-electron chi connectivity index (χ4n) is 1.22. The molecule has 0 unspecified atom stereocenters. The van der Waals surface area contributed by atoms with E-state index >= 15 is 0 Å². The van der Waals surface area contributed by atoms with Crippen LogP contribution in [0.3, 0.4) is 0 Å². The average molecular weight is 202 g/mol. The van der Waals surface area contributed by atoms with Gasteiger partial charge >= 0.3 is 0 Å². The van der Waals surface area contributed by atoms with E-state index in [0.29, 0.717) is 5.89 Å². The van der Waals surface area contributed by atoms with Crippen LogP contribution in [0, 0.1) is 6.92 Å². The molecule has 0 aliphatic heterocycles. The molecule has 4 nitrogen and oxygen atoms in total. The summed E-state index contributed by atoms with van der Waals surface area (Å²) in [7, 11) is 0. The number of carbonyl (C=O) groups excluding carboxylic acids is 1. The molecule has 0 saturated heterocycles. The number of carbonyl (C=O) groups is 1. The molecule has 2 N–H and O–H groups in total. The molecule has 1 amide bonds. The van der Waals surface area contributed by atoms with Gasteiger partial charge in [0.05, 0.1) is 0 Å². The summed E-state index contributed by atoms with van der Waals surface area (Å²) in [5.41, 5.74) is 7.19. The van der Waals surface area contributed by atoms with Crippen LogP contribution in [0.5, 0.6) is 0 Å². The molecule has 0 saturated carbocycles. The lowest BCUT2D eigenvalue weighted by Gasteiger charge is -1.95. The maximum absolute atomic E-state index is 10.8. The maximum atomic E-state index is 10.8. The number of amides is 1. The Balaban J connectivity index is 2.37. The first kappa shape index (κ1) is 9.45. The number of aryl methyl sites for hydroxylation is 1. The third-order valence-corrected chi connectivity index (χ3v) is 2.06. The van der Waals surface area contributed by atoms with Crippen molar-refractivity contribution in [3.05, 3.63) is 41.8 Å². The zero-order valence-corrected chi connectivity index (χ0v) is 8.23. The second-order valence-electron chi connectivity index (χ2n) is 3.27. The highest BCUT2D eigenvalue weighted by atomic mass is 16.3. The van der Waals surface area contributed by atoms with Crippen LogP contribution in [0.1, 0.15) is 16.1 Å². The quantitative estimate of drug-likeness (QED) is 0.806. The van der Waals surface area contributed by atoms with Crippen molar-refractivity contribution in [2.24, 2.45) is 5.73 Å². The Morgan fingerprint density at radius 1 is 1.33 bits per heavy atom. The normalized spacial score (nSPS) is 10.2. The fourth-order valence-corrected chi connectivity index (χ4v) is 1.22. The monoisotopic (exact) mass is 202 g/mol. The van der Waals surface area contributed by atoms with Gasteiger partial charge in [0.25, 0.3) is 5.91 Å². The first-order valence-electron chi connectivity index (χ1n) is 4.49. The highest BCUT2D eigenvalue weighted by Gasteiger charge is 2.09.